The third-order valence-corrected chi connectivity index (χ3v) is 4.24. The summed E-state index contributed by atoms with van der Waals surface area (Å²) in [7, 11) is 1.62. The van der Waals surface area contributed by atoms with E-state index in [9.17, 15) is 0 Å². The van der Waals surface area contributed by atoms with Crippen molar-refractivity contribution >= 4 is 22.4 Å². The number of methoxy groups -OCH3 is 1. The topological polar surface area (TPSA) is 73.4 Å². The maximum Gasteiger partial charge on any atom is 0.162 e. The number of fused-ring (bicyclic) bond motifs is 1. The van der Waals surface area contributed by atoms with E-state index in [-0.39, 0.29) is 0 Å². The summed E-state index contributed by atoms with van der Waals surface area (Å²) in [6.07, 6.45) is 1.75. The van der Waals surface area contributed by atoms with Crippen molar-refractivity contribution in [1.29, 1.82) is 0 Å². The second kappa shape index (κ2) is 7.25. The quantitative estimate of drug-likeness (QED) is 0.437. The van der Waals surface area contributed by atoms with E-state index >= 15 is 0 Å². The smallest absolute Gasteiger partial charge is 0.162 e. The van der Waals surface area contributed by atoms with Crippen LogP contribution in [0.1, 0.15) is 5.56 Å². The molecular weight excluding hydrogens is 336 g/mol. The van der Waals surface area contributed by atoms with Crippen molar-refractivity contribution in [2.75, 3.05) is 7.11 Å². The first-order valence-corrected chi connectivity index (χ1v) is 8.54. The zero-order chi connectivity index (χ0) is 18.6. The van der Waals surface area contributed by atoms with Crippen molar-refractivity contribution in [2.45, 2.75) is 0 Å². The molecule has 5 heteroatoms. The molecule has 27 heavy (non-hydrogen) atoms. The van der Waals surface area contributed by atoms with Gasteiger partial charge in [-0.2, -0.15) is 0 Å². The number of pyridine rings is 2. The summed E-state index contributed by atoms with van der Waals surface area (Å²) in [5.74, 6) is 1.67. The molecule has 0 radical (unpaired) electrons. The number of aliphatic imine (C=N–C) groups is 1. The van der Waals surface area contributed by atoms with Gasteiger partial charge < -0.3 is 10.5 Å². The predicted molar refractivity (Wildman–Crippen MR) is 108 cm³/mol. The van der Waals surface area contributed by atoms with Gasteiger partial charge in [0.1, 0.15) is 11.6 Å². The molecule has 2 heterocycles. The summed E-state index contributed by atoms with van der Waals surface area (Å²) < 4.78 is 5.27. The van der Waals surface area contributed by atoms with Gasteiger partial charge in [-0.1, -0.05) is 42.5 Å². The molecule has 0 fully saturated rings. The number of ether oxygens (including phenoxy) is 1. The van der Waals surface area contributed by atoms with Crippen molar-refractivity contribution in [3.05, 3.63) is 84.6 Å². The van der Waals surface area contributed by atoms with Crippen LogP contribution in [0.5, 0.6) is 5.75 Å². The molecule has 4 aromatic rings. The van der Waals surface area contributed by atoms with Crippen molar-refractivity contribution in [3.8, 4) is 17.1 Å². The first kappa shape index (κ1) is 16.7. The molecule has 0 aliphatic carbocycles. The summed E-state index contributed by atoms with van der Waals surface area (Å²) in [6, 6.07) is 23.2. The Labute approximate surface area is 157 Å². The molecule has 0 atom stereocenters. The fourth-order valence-electron chi connectivity index (χ4n) is 2.87. The van der Waals surface area contributed by atoms with Crippen LogP contribution in [0, 0.1) is 0 Å². The third kappa shape index (κ3) is 3.48. The van der Waals surface area contributed by atoms with Crippen LogP contribution in [0.2, 0.25) is 0 Å². The van der Waals surface area contributed by atoms with Crippen LogP contribution in [0.15, 0.2) is 84.0 Å². The van der Waals surface area contributed by atoms with Crippen LogP contribution in [-0.4, -0.2) is 22.9 Å². The number of amidine groups is 1. The van der Waals surface area contributed by atoms with Crippen LogP contribution in [0.4, 0.5) is 5.82 Å². The lowest BCUT2D eigenvalue weighted by atomic mass is 10.1. The fourth-order valence-corrected chi connectivity index (χ4v) is 2.87. The van der Waals surface area contributed by atoms with Crippen molar-refractivity contribution in [1.82, 2.24) is 9.97 Å². The molecule has 0 saturated carbocycles. The molecule has 0 spiro atoms. The average Bonchev–Trinajstić information content (AvgIpc) is 2.74. The minimum absolute atomic E-state index is 0.379. The number of hydrogen-bond donors (Lipinski definition) is 1. The van der Waals surface area contributed by atoms with Gasteiger partial charge in [-0.25, -0.2) is 9.98 Å². The highest BCUT2D eigenvalue weighted by Crippen LogP contribution is 2.29. The first-order chi connectivity index (χ1) is 13.2. The van der Waals surface area contributed by atoms with Crippen molar-refractivity contribution in [3.63, 3.8) is 0 Å². The maximum atomic E-state index is 6.27. The highest BCUT2D eigenvalue weighted by molar-refractivity contribution is 6.02. The standard InChI is InChI=1S/C22H18N4O/c1-27-17-9-6-8-16(13-17)21(23)26-22-18-10-3-2-7-15(18)14-20(25-22)19-11-4-5-12-24-19/h2-14H,1H3,(H2,23,25,26). The minimum atomic E-state index is 0.379. The zero-order valence-electron chi connectivity index (χ0n) is 14.8. The monoisotopic (exact) mass is 354 g/mol. The average molecular weight is 354 g/mol. The summed E-state index contributed by atoms with van der Waals surface area (Å²) in [5, 5.41) is 1.97. The van der Waals surface area contributed by atoms with Gasteiger partial charge in [0.15, 0.2) is 5.82 Å². The van der Waals surface area contributed by atoms with Crippen LogP contribution in [0.3, 0.4) is 0 Å². The second-order valence-corrected chi connectivity index (χ2v) is 6.00. The number of hydrogen-bond acceptors (Lipinski definition) is 4. The Kier molecular flexibility index (Phi) is 4.49. The molecule has 0 aliphatic rings. The Bertz CT molecular complexity index is 1120. The van der Waals surface area contributed by atoms with Crippen LogP contribution in [0.25, 0.3) is 22.2 Å². The molecule has 0 bridgehead atoms. The van der Waals surface area contributed by atoms with Gasteiger partial charge in [0, 0.05) is 17.1 Å². The highest BCUT2D eigenvalue weighted by Gasteiger charge is 2.09. The van der Waals surface area contributed by atoms with E-state index < -0.39 is 0 Å². The van der Waals surface area contributed by atoms with Gasteiger partial charge in [0.2, 0.25) is 0 Å². The molecule has 4 rings (SSSR count). The van der Waals surface area contributed by atoms with E-state index in [2.05, 4.69) is 9.98 Å². The Morgan fingerprint density at radius 2 is 1.78 bits per heavy atom. The van der Waals surface area contributed by atoms with Gasteiger partial charge in [0.25, 0.3) is 0 Å². The fraction of sp³-hybridized carbons (Fsp3) is 0.0455. The number of rotatable bonds is 4. The van der Waals surface area contributed by atoms with E-state index in [0.29, 0.717) is 11.7 Å². The lowest BCUT2D eigenvalue weighted by Gasteiger charge is -2.08. The molecule has 132 valence electrons. The molecule has 5 nitrogen and oxygen atoms in total. The molecular formula is C22H18N4O. The number of nitrogens with two attached hydrogens (primary N) is 1. The normalized spacial score (nSPS) is 11.5. The van der Waals surface area contributed by atoms with E-state index in [4.69, 9.17) is 15.5 Å². The Morgan fingerprint density at radius 3 is 2.59 bits per heavy atom. The van der Waals surface area contributed by atoms with Crippen LogP contribution < -0.4 is 10.5 Å². The van der Waals surface area contributed by atoms with Crippen molar-refractivity contribution in [2.24, 2.45) is 10.7 Å². The Balaban J connectivity index is 1.87. The number of aromatic nitrogens is 2. The lowest BCUT2D eigenvalue weighted by Crippen LogP contribution is -2.13. The summed E-state index contributed by atoms with van der Waals surface area (Å²) in [6.45, 7) is 0. The largest absolute Gasteiger partial charge is 0.497 e. The molecule has 0 amide bonds. The highest BCUT2D eigenvalue weighted by atomic mass is 16.5. The Morgan fingerprint density at radius 1 is 0.926 bits per heavy atom. The molecule has 0 unspecified atom stereocenters. The van der Waals surface area contributed by atoms with Crippen LogP contribution >= 0.6 is 0 Å². The molecule has 2 aromatic heterocycles. The third-order valence-electron chi connectivity index (χ3n) is 4.24. The van der Waals surface area contributed by atoms with Gasteiger partial charge >= 0.3 is 0 Å². The summed E-state index contributed by atoms with van der Waals surface area (Å²) in [4.78, 5) is 13.7. The maximum absolute atomic E-state index is 6.27. The van der Waals surface area contributed by atoms with E-state index in [0.717, 1.165) is 33.5 Å². The molecule has 2 aromatic carbocycles. The van der Waals surface area contributed by atoms with Gasteiger partial charge in [-0.3, -0.25) is 4.98 Å². The van der Waals surface area contributed by atoms with Gasteiger partial charge in [0.05, 0.1) is 18.5 Å². The molecule has 0 aliphatic heterocycles. The first-order valence-electron chi connectivity index (χ1n) is 8.54. The van der Waals surface area contributed by atoms with Gasteiger partial charge in [-0.15, -0.1) is 0 Å². The molecule has 0 saturated heterocycles. The number of nitrogens with zero attached hydrogens (tertiary/aromatic N) is 3. The zero-order valence-corrected chi connectivity index (χ0v) is 14.8. The van der Waals surface area contributed by atoms with Crippen molar-refractivity contribution < 1.29 is 4.74 Å². The van der Waals surface area contributed by atoms with E-state index in [1.165, 1.54) is 0 Å². The van der Waals surface area contributed by atoms with Gasteiger partial charge in [-0.05, 0) is 35.7 Å². The SMILES string of the molecule is COc1cccc(C(N)=Nc2nc(-c3ccccn3)cc3ccccc23)c1. The van der Waals surface area contributed by atoms with E-state index in [1.54, 1.807) is 13.3 Å². The summed E-state index contributed by atoms with van der Waals surface area (Å²) in [5.41, 5.74) is 8.60. The second-order valence-electron chi connectivity index (χ2n) is 6.00. The predicted octanol–water partition coefficient (Wildman–Crippen LogP) is 4.34. The summed E-state index contributed by atoms with van der Waals surface area (Å²) >= 11 is 0. The molecule has 2 N–H and O–H groups in total. The lowest BCUT2D eigenvalue weighted by molar-refractivity contribution is 0.414. The minimum Gasteiger partial charge on any atom is -0.497 e. The Hall–Kier alpha value is -3.73. The van der Waals surface area contributed by atoms with E-state index in [1.807, 2.05) is 72.8 Å². The number of benzene rings is 2. The van der Waals surface area contributed by atoms with Crippen LogP contribution in [-0.2, 0) is 0 Å².